The van der Waals surface area contributed by atoms with Crippen molar-refractivity contribution in [1.82, 2.24) is 0 Å². The van der Waals surface area contributed by atoms with E-state index in [1.807, 2.05) is 0 Å². The van der Waals surface area contributed by atoms with E-state index in [1.165, 1.54) is 12.1 Å². The maximum absolute atomic E-state index is 12.7. The molecular weight excluding hydrogens is 247 g/mol. The zero-order chi connectivity index (χ0) is 13.1. The molecule has 2 amide bonds. The zero-order valence-electron chi connectivity index (χ0n) is 9.26. The number of carbonyl (C=O) groups is 1. The molecule has 0 radical (unpaired) electrons. The minimum Gasteiger partial charge on any atom is -0.350 e. The summed E-state index contributed by atoms with van der Waals surface area (Å²) in [6.07, 6.45) is 0.354. The Labute approximate surface area is 99.1 Å². The summed E-state index contributed by atoms with van der Waals surface area (Å²) in [4.78, 5) is 11.2. The fraction of sp³-hybridized carbons (Fsp3) is 0.300. The second-order valence-electron chi connectivity index (χ2n) is 3.40. The standard InChI is InChI=1S/C10H13FN2O3S/c1-2-7-17(15,16)13(10(12)14)9-5-3-8(11)4-6-9/h3-6H,2,7H2,1H3,(H2,12,14). The molecule has 0 aliphatic heterocycles. The minimum atomic E-state index is -3.80. The molecule has 1 aromatic carbocycles. The predicted molar refractivity (Wildman–Crippen MR) is 62.5 cm³/mol. The van der Waals surface area contributed by atoms with E-state index in [0.717, 1.165) is 12.1 Å². The number of benzene rings is 1. The van der Waals surface area contributed by atoms with Gasteiger partial charge in [0.1, 0.15) is 5.82 Å². The summed E-state index contributed by atoms with van der Waals surface area (Å²) in [5.74, 6) is -0.723. The van der Waals surface area contributed by atoms with Gasteiger partial charge in [0.15, 0.2) is 0 Å². The van der Waals surface area contributed by atoms with Crippen LogP contribution >= 0.6 is 0 Å². The van der Waals surface area contributed by atoms with Crippen LogP contribution in [-0.4, -0.2) is 20.2 Å². The van der Waals surface area contributed by atoms with Crippen LogP contribution in [0.5, 0.6) is 0 Å². The van der Waals surface area contributed by atoms with Crippen molar-refractivity contribution in [2.24, 2.45) is 5.73 Å². The van der Waals surface area contributed by atoms with Gasteiger partial charge in [-0.2, -0.15) is 4.31 Å². The molecule has 0 atom stereocenters. The highest BCUT2D eigenvalue weighted by molar-refractivity contribution is 7.93. The number of amides is 2. The predicted octanol–water partition coefficient (Wildman–Crippen LogP) is 1.45. The number of nitrogens with two attached hydrogens (primary N) is 1. The van der Waals surface area contributed by atoms with Gasteiger partial charge in [-0.15, -0.1) is 0 Å². The zero-order valence-corrected chi connectivity index (χ0v) is 10.1. The molecule has 94 valence electrons. The quantitative estimate of drug-likeness (QED) is 0.889. The van der Waals surface area contributed by atoms with Crippen LogP contribution in [-0.2, 0) is 10.0 Å². The van der Waals surface area contributed by atoms with Crippen LogP contribution < -0.4 is 10.0 Å². The molecule has 7 heteroatoms. The molecule has 2 N–H and O–H groups in total. The van der Waals surface area contributed by atoms with Gasteiger partial charge >= 0.3 is 6.03 Å². The molecule has 0 saturated carbocycles. The summed E-state index contributed by atoms with van der Waals surface area (Å²) < 4.78 is 36.8. The summed E-state index contributed by atoms with van der Waals surface area (Å²) in [7, 11) is -3.80. The van der Waals surface area contributed by atoms with E-state index in [2.05, 4.69) is 0 Å². The Morgan fingerprint density at radius 1 is 1.35 bits per heavy atom. The molecule has 0 fully saturated rings. The highest BCUT2D eigenvalue weighted by Gasteiger charge is 2.26. The first kappa shape index (κ1) is 13.4. The molecular formula is C10H13FN2O3S. The van der Waals surface area contributed by atoms with Gasteiger partial charge in [0.25, 0.3) is 0 Å². The molecule has 17 heavy (non-hydrogen) atoms. The summed E-state index contributed by atoms with van der Waals surface area (Å²) in [5.41, 5.74) is 5.07. The van der Waals surface area contributed by atoms with E-state index >= 15 is 0 Å². The van der Waals surface area contributed by atoms with E-state index in [4.69, 9.17) is 5.73 Å². The number of halogens is 1. The number of nitrogens with zero attached hydrogens (tertiary/aromatic N) is 1. The maximum atomic E-state index is 12.7. The van der Waals surface area contributed by atoms with E-state index in [0.29, 0.717) is 10.7 Å². The van der Waals surface area contributed by atoms with Gasteiger partial charge in [0.2, 0.25) is 10.0 Å². The number of rotatable bonds is 4. The Kier molecular flexibility index (Phi) is 4.06. The first-order chi connectivity index (χ1) is 7.88. The minimum absolute atomic E-state index is 0.0346. The first-order valence-electron chi connectivity index (χ1n) is 4.96. The number of sulfonamides is 1. The van der Waals surface area contributed by atoms with Gasteiger partial charge in [-0.05, 0) is 30.7 Å². The lowest BCUT2D eigenvalue weighted by Crippen LogP contribution is -2.42. The first-order valence-corrected chi connectivity index (χ1v) is 6.57. The highest BCUT2D eigenvalue weighted by Crippen LogP contribution is 2.19. The van der Waals surface area contributed by atoms with E-state index in [9.17, 15) is 17.6 Å². The maximum Gasteiger partial charge on any atom is 0.333 e. The van der Waals surface area contributed by atoms with Crippen LogP contribution in [0, 0.1) is 5.82 Å². The molecule has 0 heterocycles. The molecule has 0 bridgehead atoms. The van der Waals surface area contributed by atoms with Crippen molar-refractivity contribution in [3.8, 4) is 0 Å². The average molecular weight is 260 g/mol. The van der Waals surface area contributed by atoms with E-state index < -0.39 is 21.9 Å². The van der Waals surface area contributed by atoms with Crippen molar-refractivity contribution in [3.05, 3.63) is 30.1 Å². The third-order valence-electron chi connectivity index (χ3n) is 2.00. The fourth-order valence-electron chi connectivity index (χ4n) is 1.35. The van der Waals surface area contributed by atoms with Crippen molar-refractivity contribution in [2.75, 3.05) is 10.1 Å². The highest BCUT2D eigenvalue weighted by atomic mass is 32.2. The molecule has 0 saturated heterocycles. The van der Waals surface area contributed by atoms with Crippen molar-refractivity contribution >= 4 is 21.7 Å². The molecule has 0 spiro atoms. The van der Waals surface area contributed by atoms with Gasteiger partial charge in [-0.25, -0.2) is 17.6 Å². The van der Waals surface area contributed by atoms with Crippen molar-refractivity contribution in [1.29, 1.82) is 0 Å². The Morgan fingerprint density at radius 3 is 2.29 bits per heavy atom. The number of primary amides is 1. The van der Waals surface area contributed by atoms with Gasteiger partial charge < -0.3 is 5.73 Å². The lowest BCUT2D eigenvalue weighted by molar-refractivity contribution is 0.257. The normalized spacial score (nSPS) is 11.2. The Hall–Kier alpha value is -1.63. The SMILES string of the molecule is CCCS(=O)(=O)N(C(N)=O)c1ccc(F)cc1. The number of anilines is 1. The van der Waals surface area contributed by atoms with E-state index in [-0.39, 0.29) is 11.4 Å². The average Bonchev–Trinajstić information content (AvgIpc) is 2.20. The fourth-order valence-corrected chi connectivity index (χ4v) is 2.77. The monoisotopic (exact) mass is 260 g/mol. The molecule has 0 aliphatic rings. The lowest BCUT2D eigenvalue weighted by atomic mass is 10.3. The van der Waals surface area contributed by atoms with Gasteiger partial charge in [-0.3, -0.25) is 0 Å². The molecule has 1 rings (SSSR count). The number of hydrogen-bond acceptors (Lipinski definition) is 3. The smallest absolute Gasteiger partial charge is 0.333 e. The van der Waals surface area contributed by atoms with Gasteiger partial charge in [0, 0.05) is 0 Å². The second-order valence-corrected chi connectivity index (χ2v) is 5.33. The largest absolute Gasteiger partial charge is 0.350 e. The van der Waals surface area contributed by atoms with Crippen LogP contribution in [0.15, 0.2) is 24.3 Å². The van der Waals surface area contributed by atoms with Crippen LogP contribution in [0.25, 0.3) is 0 Å². The lowest BCUT2D eigenvalue weighted by Gasteiger charge is -2.19. The van der Waals surface area contributed by atoms with Crippen molar-refractivity contribution in [2.45, 2.75) is 13.3 Å². The summed E-state index contributed by atoms with van der Waals surface area (Å²) in [6, 6.07) is 3.39. The molecule has 0 unspecified atom stereocenters. The van der Waals surface area contributed by atoms with Crippen LogP contribution in [0.3, 0.4) is 0 Å². The van der Waals surface area contributed by atoms with Crippen LogP contribution in [0.1, 0.15) is 13.3 Å². The Balaban J connectivity index is 3.19. The third kappa shape index (κ3) is 3.16. The van der Waals surface area contributed by atoms with Gasteiger partial charge in [0.05, 0.1) is 11.4 Å². The van der Waals surface area contributed by atoms with Crippen molar-refractivity contribution in [3.63, 3.8) is 0 Å². The summed E-state index contributed by atoms with van der Waals surface area (Å²) >= 11 is 0. The molecule has 0 aliphatic carbocycles. The van der Waals surface area contributed by atoms with E-state index in [1.54, 1.807) is 6.92 Å². The summed E-state index contributed by atoms with van der Waals surface area (Å²) in [5, 5.41) is 0. The van der Waals surface area contributed by atoms with Crippen molar-refractivity contribution < 1.29 is 17.6 Å². The number of urea groups is 1. The molecule has 5 nitrogen and oxygen atoms in total. The second kappa shape index (κ2) is 5.13. The van der Waals surface area contributed by atoms with Crippen LogP contribution in [0.2, 0.25) is 0 Å². The Bertz CT molecular complexity index is 499. The third-order valence-corrected chi connectivity index (χ3v) is 3.87. The topological polar surface area (TPSA) is 80.5 Å². The van der Waals surface area contributed by atoms with Crippen LogP contribution in [0.4, 0.5) is 14.9 Å². The number of hydrogen-bond donors (Lipinski definition) is 1. The summed E-state index contributed by atoms with van der Waals surface area (Å²) in [6.45, 7) is 1.67. The Morgan fingerprint density at radius 2 is 1.88 bits per heavy atom. The number of carbonyl (C=O) groups excluding carboxylic acids is 1. The molecule has 0 aromatic heterocycles. The molecule has 1 aromatic rings. The van der Waals surface area contributed by atoms with Gasteiger partial charge in [-0.1, -0.05) is 6.92 Å².